The van der Waals surface area contributed by atoms with Gasteiger partial charge in [0.1, 0.15) is 11.9 Å². The number of nitrogens with zero attached hydrogens (tertiary/aromatic N) is 3. The number of anilines is 2. The van der Waals surface area contributed by atoms with Gasteiger partial charge < -0.3 is 24.7 Å². The predicted molar refractivity (Wildman–Crippen MR) is 146 cm³/mol. The van der Waals surface area contributed by atoms with E-state index in [9.17, 15) is 27.6 Å². The molecule has 1 amide bonds. The Morgan fingerprint density at radius 2 is 2.05 bits per heavy atom. The second-order valence-electron chi connectivity index (χ2n) is 11.1. The third-order valence-electron chi connectivity index (χ3n) is 6.96. The van der Waals surface area contributed by atoms with Gasteiger partial charge in [-0.25, -0.2) is 4.79 Å². The van der Waals surface area contributed by atoms with E-state index in [2.05, 4.69) is 10.3 Å². The van der Waals surface area contributed by atoms with Crippen LogP contribution in [0.4, 0.5) is 24.7 Å². The molecule has 0 saturated carbocycles. The molecule has 1 unspecified atom stereocenters. The van der Waals surface area contributed by atoms with E-state index in [-0.39, 0.29) is 29.5 Å². The molecule has 2 N–H and O–H groups in total. The molecule has 41 heavy (non-hydrogen) atoms. The molecule has 0 radical (unpaired) electrons. The molecule has 3 aromatic rings. The fourth-order valence-corrected chi connectivity index (χ4v) is 4.81. The number of aromatic amines is 1. The molecule has 1 aliphatic heterocycles. The first-order valence-electron chi connectivity index (χ1n) is 13.3. The van der Waals surface area contributed by atoms with Crippen LogP contribution in [0.3, 0.4) is 0 Å². The zero-order valence-electron chi connectivity index (χ0n) is 23.6. The first-order chi connectivity index (χ1) is 19.2. The third-order valence-corrected chi connectivity index (χ3v) is 6.96. The fraction of sp³-hybridized carbons (Fsp3) is 0.500. The summed E-state index contributed by atoms with van der Waals surface area (Å²) in [4.78, 5) is 41.1. The highest BCUT2D eigenvalue weighted by Crippen LogP contribution is 2.35. The van der Waals surface area contributed by atoms with Gasteiger partial charge >= 0.3 is 12.1 Å². The van der Waals surface area contributed by atoms with E-state index in [1.807, 2.05) is 20.8 Å². The van der Waals surface area contributed by atoms with Crippen molar-refractivity contribution in [2.75, 3.05) is 32.1 Å². The zero-order valence-corrected chi connectivity index (χ0v) is 23.6. The summed E-state index contributed by atoms with van der Waals surface area (Å²) in [6.07, 6.45) is -2.71. The quantitative estimate of drug-likeness (QED) is 0.379. The van der Waals surface area contributed by atoms with Crippen LogP contribution >= 0.6 is 0 Å². The van der Waals surface area contributed by atoms with Gasteiger partial charge in [0.15, 0.2) is 11.9 Å². The molecule has 0 bridgehead atoms. The van der Waals surface area contributed by atoms with Crippen LogP contribution in [-0.4, -0.2) is 70.6 Å². The Bertz CT molecular complexity index is 1490. The number of hydrogen-bond acceptors (Lipinski definition) is 7. The predicted octanol–water partition coefficient (Wildman–Crippen LogP) is 4.50. The Morgan fingerprint density at radius 3 is 2.66 bits per heavy atom. The molecule has 2 aromatic heterocycles. The Labute approximate surface area is 234 Å². The van der Waals surface area contributed by atoms with Crippen molar-refractivity contribution in [2.24, 2.45) is 5.92 Å². The number of carbonyl (C=O) groups excluding carboxylic acids is 2. The lowest BCUT2D eigenvalue weighted by atomic mass is 9.92. The van der Waals surface area contributed by atoms with Crippen LogP contribution in [0.1, 0.15) is 49.5 Å². The van der Waals surface area contributed by atoms with Gasteiger partial charge in [0.2, 0.25) is 0 Å². The highest BCUT2D eigenvalue weighted by atomic mass is 19.4. The lowest BCUT2D eigenvalue weighted by molar-refractivity contribution is -0.165. The molecular weight excluding hydrogens is 543 g/mol. The number of pyridine rings is 1. The molecule has 3 heterocycles. The number of hydrogen-bond donors (Lipinski definition) is 2. The van der Waals surface area contributed by atoms with E-state index < -0.39 is 36.2 Å². The van der Waals surface area contributed by atoms with E-state index in [4.69, 9.17) is 14.6 Å². The van der Waals surface area contributed by atoms with E-state index >= 15 is 0 Å². The van der Waals surface area contributed by atoms with Crippen LogP contribution < -0.4 is 10.9 Å². The number of alkyl halides is 3. The standard InChI is InChI=1S/C28H34F3N5O5/c1-16(2)13-40-26(39)21-8-10-27(4,15-41-21)36-20-9-11-32-24(37)22(20)23(34-36)33-18-6-7-19(17(3)12-18)25(38)35(5)14-28(29,30)31/h6-7,9,11-12,16,21H,8,10,13-15H2,1-5H3,(H,32,37)(H,33,34)/t21?,27-/m1/s1. The van der Waals surface area contributed by atoms with Gasteiger partial charge in [0.25, 0.3) is 11.5 Å². The minimum Gasteiger partial charge on any atom is -0.463 e. The second-order valence-corrected chi connectivity index (χ2v) is 11.1. The van der Waals surface area contributed by atoms with E-state index in [1.165, 1.54) is 12.3 Å². The lowest BCUT2D eigenvalue weighted by Crippen LogP contribution is -2.45. The van der Waals surface area contributed by atoms with Gasteiger partial charge in [-0.2, -0.15) is 18.3 Å². The smallest absolute Gasteiger partial charge is 0.406 e. The van der Waals surface area contributed by atoms with Gasteiger partial charge in [0.05, 0.1) is 24.3 Å². The summed E-state index contributed by atoms with van der Waals surface area (Å²) in [7, 11) is 1.10. The molecule has 13 heteroatoms. The number of H-pyrrole nitrogens is 1. The third kappa shape index (κ3) is 6.72. The van der Waals surface area contributed by atoms with Gasteiger partial charge in [-0.1, -0.05) is 13.8 Å². The van der Waals surface area contributed by atoms with Gasteiger partial charge in [-0.15, -0.1) is 0 Å². The number of aromatic nitrogens is 3. The molecular formula is C28H34F3N5O5. The monoisotopic (exact) mass is 577 g/mol. The number of nitrogens with one attached hydrogen (secondary N) is 2. The maximum atomic E-state index is 12.9. The molecule has 1 fully saturated rings. The number of carbonyl (C=O) groups is 2. The summed E-state index contributed by atoms with van der Waals surface area (Å²) in [5.74, 6) is -0.682. The maximum absolute atomic E-state index is 12.9. The highest BCUT2D eigenvalue weighted by molar-refractivity contribution is 5.96. The Hall–Kier alpha value is -3.87. The lowest BCUT2D eigenvalue weighted by Gasteiger charge is -2.37. The van der Waals surface area contributed by atoms with Crippen LogP contribution in [-0.2, 0) is 19.8 Å². The first-order valence-corrected chi connectivity index (χ1v) is 13.3. The molecule has 4 rings (SSSR count). The molecule has 0 aliphatic carbocycles. The van der Waals surface area contributed by atoms with Crippen molar-refractivity contribution in [3.8, 4) is 0 Å². The maximum Gasteiger partial charge on any atom is 0.406 e. The summed E-state index contributed by atoms with van der Waals surface area (Å²) in [6.45, 7) is 6.58. The minimum atomic E-state index is -4.51. The average Bonchev–Trinajstić information content (AvgIpc) is 3.26. The molecule has 0 spiro atoms. The van der Waals surface area contributed by atoms with Crippen molar-refractivity contribution in [1.82, 2.24) is 19.7 Å². The van der Waals surface area contributed by atoms with Crippen molar-refractivity contribution in [1.29, 1.82) is 0 Å². The number of benzene rings is 1. The molecule has 222 valence electrons. The summed E-state index contributed by atoms with van der Waals surface area (Å²) < 4.78 is 51.2. The molecule has 10 nitrogen and oxygen atoms in total. The average molecular weight is 578 g/mol. The number of fused-ring (bicyclic) bond motifs is 1. The Kier molecular flexibility index (Phi) is 8.48. The van der Waals surface area contributed by atoms with Crippen molar-refractivity contribution >= 4 is 34.3 Å². The van der Waals surface area contributed by atoms with E-state index in [1.54, 1.807) is 29.8 Å². The Morgan fingerprint density at radius 1 is 1.32 bits per heavy atom. The summed E-state index contributed by atoms with van der Waals surface area (Å²) in [5.41, 5.74) is 0.587. The molecule has 1 aromatic carbocycles. The minimum absolute atomic E-state index is 0.129. The summed E-state index contributed by atoms with van der Waals surface area (Å²) in [6, 6.07) is 6.32. The van der Waals surface area contributed by atoms with Gasteiger partial charge in [-0.05, 0) is 62.4 Å². The topological polar surface area (TPSA) is 119 Å². The number of halogens is 3. The number of ether oxygens (including phenoxy) is 2. The van der Waals surface area contributed by atoms with Crippen LogP contribution in [0.2, 0.25) is 0 Å². The SMILES string of the molecule is Cc1cc(Nc2nn([C@]3(C)CCC(C(=O)OCC(C)C)OC3)c3cc[nH]c(=O)c23)ccc1C(=O)N(C)CC(F)(F)F. The van der Waals surface area contributed by atoms with Crippen molar-refractivity contribution in [2.45, 2.75) is 58.4 Å². The number of esters is 1. The zero-order chi connectivity index (χ0) is 30.1. The fourth-order valence-electron chi connectivity index (χ4n) is 4.81. The van der Waals surface area contributed by atoms with Crippen molar-refractivity contribution in [3.05, 3.63) is 51.9 Å². The van der Waals surface area contributed by atoms with Crippen LogP contribution in [0.15, 0.2) is 35.3 Å². The van der Waals surface area contributed by atoms with Crippen molar-refractivity contribution < 1.29 is 32.2 Å². The second kappa shape index (κ2) is 11.6. The van der Waals surface area contributed by atoms with E-state index in [0.717, 1.165) is 7.05 Å². The largest absolute Gasteiger partial charge is 0.463 e. The van der Waals surface area contributed by atoms with E-state index in [0.29, 0.717) is 46.5 Å². The number of aryl methyl sites for hydroxylation is 1. The van der Waals surface area contributed by atoms with Crippen LogP contribution in [0, 0.1) is 12.8 Å². The summed E-state index contributed by atoms with van der Waals surface area (Å²) in [5, 5.41) is 8.14. The molecule has 2 atom stereocenters. The molecule has 1 aliphatic rings. The highest BCUT2D eigenvalue weighted by Gasteiger charge is 2.39. The molecule has 1 saturated heterocycles. The van der Waals surface area contributed by atoms with Crippen LogP contribution in [0.25, 0.3) is 10.9 Å². The normalized spacial score (nSPS) is 19.4. The summed E-state index contributed by atoms with van der Waals surface area (Å²) >= 11 is 0. The number of amides is 1. The van der Waals surface area contributed by atoms with Gasteiger partial charge in [-0.3, -0.25) is 14.3 Å². The van der Waals surface area contributed by atoms with Crippen LogP contribution in [0.5, 0.6) is 0 Å². The van der Waals surface area contributed by atoms with Gasteiger partial charge in [0, 0.05) is 24.5 Å². The van der Waals surface area contributed by atoms with Crippen molar-refractivity contribution in [3.63, 3.8) is 0 Å². The number of rotatable bonds is 8. The first kappa shape index (κ1) is 30.1. The Balaban J connectivity index is 1.58.